The summed E-state index contributed by atoms with van der Waals surface area (Å²) in [7, 11) is 0. The third kappa shape index (κ3) is 3.38. The van der Waals surface area contributed by atoms with Crippen LogP contribution >= 0.6 is 0 Å². The molecule has 1 rings (SSSR count). The molecule has 0 spiro atoms. The maximum Gasteiger partial charge on any atom is 0.202 e. The van der Waals surface area contributed by atoms with Gasteiger partial charge < -0.3 is 15.9 Å². The number of nitriles is 1. The maximum absolute atomic E-state index is 9.23. The van der Waals surface area contributed by atoms with E-state index in [2.05, 4.69) is 10.3 Å². The molecular formula is C10H12N4O2. The van der Waals surface area contributed by atoms with Gasteiger partial charge in [0.25, 0.3) is 0 Å². The molecule has 6 heteroatoms. The standard InChI is InChI=1S/C10H12N4O2/c11-6-14-10(12)13-4-3-7-1-2-8(15)9(16)5-7/h1-2,5,15-16H,3-4H2,(H3,12,13,14). The lowest BCUT2D eigenvalue weighted by atomic mass is 10.1. The number of nitrogens with zero attached hydrogens (tertiary/aromatic N) is 2. The smallest absolute Gasteiger partial charge is 0.202 e. The number of aliphatic imine (C=N–C) groups is 1. The molecule has 0 saturated carbocycles. The van der Waals surface area contributed by atoms with Crippen LogP contribution < -0.4 is 11.1 Å². The zero-order chi connectivity index (χ0) is 12.0. The zero-order valence-electron chi connectivity index (χ0n) is 8.51. The molecule has 1 aromatic carbocycles. The number of hydrogen-bond acceptors (Lipinski definition) is 4. The van der Waals surface area contributed by atoms with E-state index in [1.165, 1.54) is 12.1 Å². The number of phenols is 2. The number of nitrogens with two attached hydrogens (primary N) is 1. The van der Waals surface area contributed by atoms with Gasteiger partial charge in [-0.3, -0.25) is 10.3 Å². The van der Waals surface area contributed by atoms with E-state index in [4.69, 9.17) is 16.1 Å². The highest BCUT2D eigenvalue weighted by Crippen LogP contribution is 2.24. The molecule has 16 heavy (non-hydrogen) atoms. The predicted octanol–water partition coefficient (Wildman–Crippen LogP) is 0.0257. The summed E-state index contributed by atoms with van der Waals surface area (Å²) in [6.45, 7) is 0.394. The van der Waals surface area contributed by atoms with Crippen molar-refractivity contribution in [1.29, 1.82) is 5.26 Å². The molecule has 6 nitrogen and oxygen atoms in total. The summed E-state index contributed by atoms with van der Waals surface area (Å²) >= 11 is 0. The summed E-state index contributed by atoms with van der Waals surface area (Å²) in [5.41, 5.74) is 6.15. The SMILES string of the molecule is N#CNC(N)=NCCc1ccc(O)c(O)c1. The molecule has 84 valence electrons. The summed E-state index contributed by atoms with van der Waals surface area (Å²) in [6, 6.07) is 4.54. The van der Waals surface area contributed by atoms with Crippen molar-refractivity contribution in [3.63, 3.8) is 0 Å². The van der Waals surface area contributed by atoms with Crippen molar-refractivity contribution in [2.45, 2.75) is 6.42 Å². The minimum Gasteiger partial charge on any atom is -0.504 e. The number of benzene rings is 1. The number of aromatic hydroxyl groups is 2. The summed E-state index contributed by atoms with van der Waals surface area (Å²) in [6.07, 6.45) is 2.21. The minimum absolute atomic E-state index is 0.0606. The van der Waals surface area contributed by atoms with Crippen LogP contribution in [0, 0.1) is 11.5 Å². The first-order chi connectivity index (χ1) is 7.63. The van der Waals surface area contributed by atoms with E-state index in [9.17, 15) is 5.11 Å². The molecule has 0 bridgehead atoms. The molecule has 0 aliphatic rings. The molecule has 0 amide bonds. The fourth-order valence-corrected chi connectivity index (χ4v) is 1.13. The molecule has 0 aromatic heterocycles. The lowest BCUT2D eigenvalue weighted by Crippen LogP contribution is -2.27. The molecule has 0 radical (unpaired) electrons. The average molecular weight is 220 g/mol. The summed E-state index contributed by atoms with van der Waals surface area (Å²) in [4.78, 5) is 3.88. The molecule has 1 aromatic rings. The van der Waals surface area contributed by atoms with Crippen LogP contribution in [-0.2, 0) is 6.42 Å². The quantitative estimate of drug-likeness (QED) is 0.188. The number of phenolic OH excluding ortho intramolecular Hbond substituents is 2. The van der Waals surface area contributed by atoms with E-state index in [0.29, 0.717) is 13.0 Å². The van der Waals surface area contributed by atoms with Crippen molar-refractivity contribution in [2.24, 2.45) is 10.7 Å². The number of hydrogen-bond donors (Lipinski definition) is 4. The van der Waals surface area contributed by atoms with Crippen LogP contribution in [-0.4, -0.2) is 22.7 Å². The van der Waals surface area contributed by atoms with Gasteiger partial charge in [0.15, 0.2) is 17.7 Å². The number of guanidine groups is 1. The van der Waals surface area contributed by atoms with E-state index in [0.717, 1.165) is 5.56 Å². The molecular weight excluding hydrogens is 208 g/mol. The van der Waals surface area contributed by atoms with Crippen molar-refractivity contribution < 1.29 is 10.2 Å². The average Bonchev–Trinajstić information content (AvgIpc) is 2.24. The molecule has 0 heterocycles. The van der Waals surface area contributed by atoms with Crippen LogP contribution in [0.1, 0.15) is 5.56 Å². The Bertz CT molecular complexity index is 437. The van der Waals surface area contributed by atoms with Gasteiger partial charge in [0.1, 0.15) is 0 Å². The first kappa shape index (κ1) is 11.7. The van der Waals surface area contributed by atoms with Crippen molar-refractivity contribution in [3.8, 4) is 17.7 Å². The normalized spacial score (nSPS) is 10.8. The third-order valence-electron chi connectivity index (χ3n) is 1.91. The Morgan fingerprint density at radius 3 is 2.81 bits per heavy atom. The summed E-state index contributed by atoms with van der Waals surface area (Å²) < 4.78 is 0. The fourth-order valence-electron chi connectivity index (χ4n) is 1.13. The van der Waals surface area contributed by atoms with Gasteiger partial charge in [-0.15, -0.1) is 0 Å². The van der Waals surface area contributed by atoms with Crippen molar-refractivity contribution in [3.05, 3.63) is 23.8 Å². The van der Waals surface area contributed by atoms with E-state index < -0.39 is 0 Å². The van der Waals surface area contributed by atoms with Crippen LogP contribution in [0.15, 0.2) is 23.2 Å². The lowest BCUT2D eigenvalue weighted by molar-refractivity contribution is 0.403. The molecule has 0 saturated heterocycles. The van der Waals surface area contributed by atoms with Gasteiger partial charge in [-0.2, -0.15) is 5.26 Å². The van der Waals surface area contributed by atoms with Gasteiger partial charge in [-0.05, 0) is 24.1 Å². The third-order valence-corrected chi connectivity index (χ3v) is 1.91. The largest absolute Gasteiger partial charge is 0.504 e. The van der Waals surface area contributed by atoms with Crippen molar-refractivity contribution >= 4 is 5.96 Å². The minimum atomic E-state index is -0.162. The second-order valence-corrected chi connectivity index (χ2v) is 3.08. The van der Waals surface area contributed by atoms with Crippen LogP contribution in [0.2, 0.25) is 0 Å². The van der Waals surface area contributed by atoms with Crippen LogP contribution in [0.4, 0.5) is 0 Å². The van der Waals surface area contributed by atoms with E-state index in [1.807, 2.05) is 0 Å². The van der Waals surface area contributed by atoms with Gasteiger partial charge in [0.05, 0.1) is 0 Å². The topological polar surface area (TPSA) is 115 Å². The van der Waals surface area contributed by atoms with Crippen LogP contribution in [0.5, 0.6) is 11.5 Å². The summed E-state index contributed by atoms with van der Waals surface area (Å²) in [5.74, 6) is -0.256. The Labute approximate surface area is 92.7 Å². The Kier molecular flexibility index (Phi) is 3.98. The first-order valence-electron chi connectivity index (χ1n) is 4.59. The molecule has 0 aliphatic heterocycles. The Morgan fingerprint density at radius 1 is 1.44 bits per heavy atom. The predicted molar refractivity (Wildman–Crippen MR) is 58.7 cm³/mol. The molecule has 0 aliphatic carbocycles. The molecule has 0 fully saturated rings. The van der Waals surface area contributed by atoms with Gasteiger partial charge in [-0.1, -0.05) is 6.07 Å². The van der Waals surface area contributed by atoms with Crippen LogP contribution in [0.3, 0.4) is 0 Å². The van der Waals surface area contributed by atoms with Crippen LogP contribution in [0.25, 0.3) is 0 Å². The zero-order valence-corrected chi connectivity index (χ0v) is 8.51. The molecule has 5 N–H and O–H groups in total. The van der Waals surface area contributed by atoms with E-state index >= 15 is 0 Å². The highest BCUT2D eigenvalue weighted by Gasteiger charge is 2.00. The Balaban J connectivity index is 2.53. The Hall–Kier alpha value is -2.42. The van der Waals surface area contributed by atoms with E-state index in [1.54, 1.807) is 12.3 Å². The fraction of sp³-hybridized carbons (Fsp3) is 0.200. The van der Waals surface area contributed by atoms with Crippen molar-refractivity contribution in [2.75, 3.05) is 6.54 Å². The Morgan fingerprint density at radius 2 is 2.19 bits per heavy atom. The van der Waals surface area contributed by atoms with Gasteiger partial charge in [-0.25, -0.2) is 0 Å². The van der Waals surface area contributed by atoms with Gasteiger partial charge in [0.2, 0.25) is 5.96 Å². The number of rotatable bonds is 3. The number of nitrogens with one attached hydrogen (secondary N) is 1. The molecule has 0 atom stereocenters. The second kappa shape index (κ2) is 5.46. The monoisotopic (exact) mass is 220 g/mol. The maximum atomic E-state index is 9.23. The van der Waals surface area contributed by atoms with E-state index in [-0.39, 0.29) is 17.5 Å². The van der Waals surface area contributed by atoms with Crippen molar-refractivity contribution in [1.82, 2.24) is 5.32 Å². The van der Waals surface area contributed by atoms with Gasteiger partial charge in [0, 0.05) is 6.54 Å². The van der Waals surface area contributed by atoms with Gasteiger partial charge >= 0.3 is 0 Å². The lowest BCUT2D eigenvalue weighted by Gasteiger charge is -2.02. The molecule has 0 unspecified atom stereocenters. The summed E-state index contributed by atoms with van der Waals surface area (Å²) in [5, 5.41) is 28.7. The second-order valence-electron chi connectivity index (χ2n) is 3.08. The first-order valence-corrected chi connectivity index (χ1v) is 4.59. The highest BCUT2D eigenvalue weighted by molar-refractivity contribution is 5.79. The highest BCUT2D eigenvalue weighted by atomic mass is 16.3.